The number of nitrogens with one attached hydrogen (secondary N) is 1. The third kappa shape index (κ3) is 3.71. The molecule has 0 aliphatic carbocycles. The van der Waals surface area contributed by atoms with Gasteiger partial charge in [-0.05, 0) is 62.4 Å². The number of aryl methyl sites for hydroxylation is 2. The maximum absolute atomic E-state index is 12.4. The normalized spacial score (nSPS) is 10.9. The maximum atomic E-state index is 12.4. The Morgan fingerprint density at radius 3 is 2.44 bits per heavy atom. The van der Waals surface area contributed by atoms with Gasteiger partial charge in [0.25, 0.3) is 5.91 Å². The van der Waals surface area contributed by atoms with Crippen molar-refractivity contribution >= 4 is 27.5 Å². The van der Waals surface area contributed by atoms with Crippen LogP contribution in [0.3, 0.4) is 0 Å². The number of ether oxygens (including phenoxy) is 1. The first-order valence-electron chi connectivity index (χ1n) is 8.64. The minimum atomic E-state index is -0.157. The van der Waals surface area contributed by atoms with Crippen LogP contribution >= 0.6 is 11.3 Å². The summed E-state index contributed by atoms with van der Waals surface area (Å²) in [6, 6.07) is 19.1. The van der Waals surface area contributed by atoms with E-state index in [1.54, 1.807) is 40.3 Å². The molecule has 0 spiro atoms. The number of amides is 1. The fraction of sp³-hybridized carbons (Fsp3) is 0.143. The van der Waals surface area contributed by atoms with E-state index in [4.69, 9.17) is 4.74 Å². The molecule has 0 unspecified atom stereocenters. The molecule has 2 heterocycles. The number of rotatable bonds is 5. The lowest BCUT2D eigenvalue weighted by molar-refractivity contribution is 0.101. The molecular weight excluding hydrogens is 358 g/mol. The zero-order valence-electron chi connectivity index (χ0n) is 15.1. The lowest BCUT2D eigenvalue weighted by Crippen LogP contribution is -2.24. The molecule has 0 saturated carbocycles. The maximum Gasteiger partial charge on any atom is 0.270 e. The van der Waals surface area contributed by atoms with E-state index < -0.39 is 0 Å². The van der Waals surface area contributed by atoms with Gasteiger partial charge in [0.1, 0.15) is 17.4 Å². The molecule has 27 heavy (non-hydrogen) atoms. The van der Waals surface area contributed by atoms with Crippen LogP contribution in [0.2, 0.25) is 0 Å². The Labute approximate surface area is 161 Å². The van der Waals surface area contributed by atoms with E-state index in [0.717, 1.165) is 26.6 Å². The van der Waals surface area contributed by atoms with Gasteiger partial charge in [0.2, 0.25) is 0 Å². The van der Waals surface area contributed by atoms with Gasteiger partial charge in [-0.3, -0.25) is 14.9 Å². The number of hydrogen-bond donors (Lipinski definition) is 1. The fourth-order valence-electron chi connectivity index (χ4n) is 2.84. The van der Waals surface area contributed by atoms with Crippen LogP contribution in [0.5, 0.6) is 5.75 Å². The number of thiazole rings is 1. The molecule has 1 N–H and O–H groups in total. The van der Waals surface area contributed by atoms with Crippen LogP contribution in [0.4, 0.5) is 0 Å². The van der Waals surface area contributed by atoms with E-state index in [9.17, 15) is 4.79 Å². The van der Waals surface area contributed by atoms with Crippen LogP contribution in [-0.4, -0.2) is 15.6 Å². The SMILES string of the molecule is Cc1ccc(C)n1NC(=O)c1ccc(OCc2nc3ccccc3s2)cc1. The summed E-state index contributed by atoms with van der Waals surface area (Å²) in [5.74, 6) is 0.550. The van der Waals surface area contributed by atoms with E-state index >= 15 is 0 Å². The first-order valence-corrected chi connectivity index (χ1v) is 9.45. The highest BCUT2D eigenvalue weighted by Gasteiger charge is 2.09. The summed E-state index contributed by atoms with van der Waals surface area (Å²) in [7, 11) is 0. The molecule has 6 heteroatoms. The highest BCUT2D eigenvalue weighted by atomic mass is 32.1. The van der Waals surface area contributed by atoms with Crippen LogP contribution in [-0.2, 0) is 6.61 Å². The molecule has 0 aliphatic rings. The molecule has 2 aromatic carbocycles. The Morgan fingerprint density at radius 2 is 1.74 bits per heavy atom. The fourth-order valence-corrected chi connectivity index (χ4v) is 3.72. The van der Waals surface area contributed by atoms with E-state index in [1.807, 2.05) is 44.2 Å². The van der Waals surface area contributed by atoms with Crippen molar-refractivity contribution in [2.24, 2.45) is 0 Å². The van der Waals surface area contributed by atoms with Crippen molar-refractivity contribution < 1.29 is 9.53 Å². The molecule has 0 fully saturated rings. The van der Waals surface area contributed by atoms with Crippen LogP contribution in [0.1, 0.15) is 26.8 Å². The number of carbonyl (C=O) groups is 1. The average Bonchev–Trinajstić information content (AvgIpc) is 3.24. The molecule has 4 aromatic rings. The van der Waals surface area contributed by atoms with Gasteiger partial charge in [0.05, 0.1) is 10.2 Å². The molecular formula is C21H19N3O2S. The second kappa shape index (κ2) is 7.25. The van der Waals surface area contributed by atoms with Crippen molar-refractivity contribution in [2.75, 3.05) is 5.43 Å². The number of benzene rings is 2. The van der Waals surface area contributed by atoms with Gasteiger partial charge in [-0.1, -0.05) is 12.1 Å². The molecule has 5 nitrogen and oxygen atoms in total. The summed E-state index contributed by atoms with van der Waals surface area (Å²) < 4.78 is 8.74. The summed E-state index contributed by atoms with van der Waals surface area (Å²) in [6.07, 6.45) is 0. The number of carbonyl (C=O) groups excluding carboxylic acids is 1. The number of fused-ring (bicyclic) bond motifs is 1. The van der Waals surface area contributed by atoms with Crippen molar-refractivity contribution in [2.45, 2.75) is 20.5 Å². The van der Waals surface area contributed by atoms with Crippen LogP contribution in [0.25, 0.3) is 10.2 Å². The topological polar surface area (TPSA) is 56.2 Å². The summed E-state index contributed by atoms with van der Waals surface area (Å²) in [5.41, 5.74) is 6.43. The Kier molecular flexibility index (Phi) is 4.64. The molecule has 4 rings (SSSR count). The zero-order valence-corrected chi connectivity index (χ0v) is 15.9. The number of aromatic nitrogens is 2. The van der Waals surface area contributed by atoms with Gasteiger partial charge in [-0.15, -0.1) is 11.3 Å². The van der Waals surface area contributed by atoms with E-state index in [0.29, 0.717) is 17.9 Å². The van der Waals surface area contributed by atoms with Crippen molar-refractivity contribution in [3.05, 3.63) is 82.6 Å². The molecule has 2 aromatic heterocycles. The average molecular weight is 377 g/mol. The molecule has 136 valence electrons. The van der Waals surface area contributed by atoms with Gasteiger partial charge in [-0.2, -0.15) is 0 Å². The Balaban J connectivity index is 1.40. The molecule has 0 bridgehead atoms. The summed E-state index contributed by atoms with van der Waals surface area (Å²) in [4.78, 5) is 17.0. The van der Waals surface area contributed by atoms with E-state index in [-0.39, 0.29) is 5.91 Å². The van der Waals surface area contributed by atoms with Crippen molar-refractivity contribution in [1.29, 1.82) is 0 Å². The van der Waals surface area contributed by atoms with Gasteiger partial charge >= 0.3 is 0 Å². The highest BCUT2D eigenvalue weighted by molar-refractivity contribution is 7.18. The Morgan fingerprint density at radius 1 is 1.04 bits per heavy atom. The third-order valence-corrected chi connectivity index (χ3v) is 5.31. The van der Waals surface area contributed by atoms with Crippen molar-refractivity contribution in [1.82, 2.24) is 9.66 Å². The predicted octanol–water partition coefficient (Wildman–Crippen LogP) is 4.68. The van der Waals surface area contributed by atoms with E-state index in [2.05, 4.69) is 16.5 Å². The van der Waals surface area contributed by atoms with E-state index in [1.165, 1.54) is 0 Å². The number of nitrogens with zero attached hydrogens (tertiary/aromatic N) is 2. The third-order valence-electron chi connectivity index (χ3n) is 4.30. The summed E-state index contributed by atoms with van der Waals surface area (Å²) in [5, 5.41) is 0.927. The lowest BCUT2D eigenvalue weighted by Gasteiger charge is -2.11. The quantitative estimate of drug-likeness (QED) is 0.549. The minimum Gasteiger partial charge on any atom is -0.486 e. The molecule has 0 aliphatic heterocycles. The molecule has 0 radical (unpaired) electrons. The first kappa shape index (κ1) is 17.3. The summed E-state index contributed by atoms with van der Waals surface area (Å²) >= 11 is 1.63. The smallest absolute Gasteiger partial charge is 0.270 e. The molecule has 1 amide bonds. The highest BCUT2D eigenvalue weighted by Crippen LogP contribution is 2.23. The van der Waals surface area contributed by atoms with Gasteiger partial charge in [0.15, 0.2) is 0 Å². The number of hydrogen-bond acceptors (Lipinski definition) is 4. The van der Waals surface area contributed by atoms with Gasteiger partial charge < -0.3 is 4.74 Å². The van der Waals surface area contributed by atoms with Crippen LogP contribution in [0.15, 0.2) is 60.7 Å². The second-order valence-electron chi connectivity index (χ2n) is 6.28. The lowest BCUT2D eigenvalue weighted by atomic mass is 10.2. The van der Waals surface area contributed by atoms with Crippen molar-refractivity contribution in [3.63, 3.8) is 0 Å². The number of para-hydroxylation sites is 1. The largest absolute Gasteiger partial charge is 0.486 e. The van der Waals surface area contributed by atoms with Gasteiger partial charge in [0, 0.05) is 17.0 Å². The van der Waals surface area contributed by atoms with Crippen molar-refractivity contribution in [3.8, 4) is 5.75 Å². The molecule has 0 saturated heterocycles. The second-order valence-corrected chi connectivity index (χ2v) is 7.40. The zero-order chi connectivity index (χ0) is 18.8. The van der Waals surface area contributed by atoms with Crippen LogP contribution < -0.4 is 10.2 Å². The minimum absolute atomic E-state index is 0.157. The van der Waals surface area contributed by atoms with Gasteiger partial charge in [-0.25, -0.2) is 4.98 Å². The Bertz CT molecular complexity index is 1040. The molecule has 0 atom stereocenters. The standard InChI is InChI=1S/C21H19N3O2S/c1-14-7-8-15(2)24(14)23-21(25)16-9-11-17(12-10-16)26-13-20-22-18-5-3-4-6-19(18)27-20/h3-12H,13H2,1-2H3,(H,23,25). The predicted molar refractivity (Wildman–Crippen MR) is 108 cm³/mol. The van der Waals surface area contributed by atoms with Crippen LogP contribution in [0, 0.1) is 13.8 Å². The monoisotopic (exact) mass is 377 g/mol. The Hall–Kier alpha value is -3.12. The first-order chi connectivity index (χ1) is 13.1. The summed E-state index contributed by atoms with van der Waals surface area (Å²) in [6.45, 7) is 4.31.